The molecule has 0 atom stereocenters. The Labute approximate surface area is 81.6 Å². The topological polar surface area (TPSA) is 65.3 Å². The molecule has 0 saturated heterocycles. The SMILES string of the molecule is COc1nccc(C(F)(F)F)c1[N+](=O)[O-]. The molecule has 0 bridgehead atoms. The third-order valence-electron chi connectivity index (χ3n) is 1.57. The number of aromatic nitrogens is 1. The number of alkyl halides is 3. The molecule has 8 heteroatoms. The lowest BCUT2D eigenvalue weighted by Gasteiger charge is -2.08. The second-order valence-electron chi connectivity index (χ2n) is 2.47. The van der Waals surface area contributed by atoms with Crippen molar-refractivity contribution in [1.82, 2.24) is 4.98 Å². The predicted molar refractivity (Wildman–Crippen MR) is 42.4 cm³/mol. The summed E-state index contributed by atoms with van der Waals surface area (Å²) in [5.74, 6) is -0.658. The fourth-order valence-corrected chi connectivity index (χ4v) is 0.989. The van der Waals surface area contributed by atoms with E-state index in [9.17, 15) is 23.3 Å². The van der Waals surface area contributed by atoms with Crippen LogP contribution in [0.3, 0.4) is 0 Å². The first-order valence-electron chi connectivity index (χ1n) is 3.62. The van der Waals surface area contributed by atoms with Crippen molar-refractivity contribution >= 4 is 5.69 Å². The maximum absolute atomic E-state index is 12.3. The lowest BCUT2D eigenvalue weighted by Crippen LogP contribution is -2.10. The van der Waals surface area contributed by atoms with Crippen LogP contribution in [-0.2, 0) is 6.18 Å². The Morgan fingerprint density at radius 2 is 2.13 bits per heavy atom. The molecule has 0 aromatic carbocycles. The van der Waals surface area contributed by atoms with Gasteiger partial charge in [-0.3, -0.25) is 10.1 Å². The largest absolute Gasteiger partial charge is 0.476 e. The second-order valence-corrected chi connectivity index (χ2v) is 2.47. The first-order valence-corrected chi connectivity index (χ1v) is 3.62. The minimum atomic E-state index is -4.81. The summed E-state index contributed by atoms with van der Waals surface area (Å²) in [5, 5.41) is 10.4. The molecule has 5 nitrogen and oxygen atoms in total. The number of rotatable bonds is 2. The molecule has 1 heterocycles. The van der Waals surface area contributed by atoms with Crippen molar-refractivity contribution in [2.75, 3.05) is 7.11 Å². The molecule has 0 amide bonds. The van der Waals surface area contributed by atoms with E-state index >= 15 is 0 Å². The van der Waals surface area contributed by atoms with E-state index in [-0.39, 0.29) is 0 Å². The van der Waals surface area contributed by atoms with Crippen molar-refractivity contribution in [3.05, 3.63) is 27.9 Å². The lowest BCUT2D eigenvalue weighted by atomic mass is 10.2. The van der Waals surface area contributed by atoms with Crippen LogP contribution in [0.25, 0.3) is 0 Å². The van der Waals surface area contributed by atoms with Gasteiger partial charge in [-0.25, -0.2) is 4.98 Å². The monoisotopic (exact) mass is 222 g/mol. The van der Waals surface area contributed by atoms with Crippen LogP contribution in [0.5, 0.6) is 5.88 Å². The van der Waals surface area contributed by atoms with Crippen LogP contribution in [-0.4, -0.2) is 17.0 Å². The third-order valence-corrected chi connectivity index (χ3v) is 1.57. The van der Waals surface area contributed by atoms with Gasteiger partial charge in [-0.1, -0.05) is 0 Å². The molecule has 1 rings (SSSR count). The average molecular weight is 222 g/mol. The molecule has 0 saturated carbocycles. The van der Waals surface area contributed by atoms with Gasteiger partial charge in [0.15, 0.2) is 0 Å². The molecule has 0 aliphatic rings. The van der Waals surface area contributed by atoms with Crippen molar-refractivity contribution in [2.45, 2.75) is 6.18 Å². The quantitative estimate of drug-likeness (QED) is 0.567. The van der Waals surface area contributed by atoms with Gasteiger partial charge in [0, 0.05) is 6.20 Å². The Kier molecular flexibility index (Phi) is 2.78. The molecular formula is C7H5F3N2O3. The van der Waals surface area contributed by atoms with Crippen LogP contribution in [0.1, 0.15) is 5.56 Å². The van der Waals surface area contributed by atoms with Gasteiger partial charge in [-0.15, -0.1) is 0 Å². The molecule has 15 heavy (non-hydrogen) atoms. The third kappa shape index (κ3) is 2.14. The van der Waals surface area contributed by atoms with Gasteiger partial charge in [0.05, 0.1) is 12.0 Å². The van der Waals surface area contributed by atoms with E-state index < -0.39 is 28.2 Å². The molecule has 0 radical (unpaired) electrons. The van der Waals surface area contributed by atoms with E-state index in [2.05, 4.69) is 9.72 Å². The van der Waals surface area contributed by atoms with Crippen molar-refractivity contribution in [3.8, 4) is 5.88 Å². The number of methoxy groups -OCH3 is 1. The molecule has 0 spiro atoms. The van der Waals surface area contributed by atoms with Gasteiger partial charge in [0.1, 0.15) is 5.56 Å². The van der Waals surface area contributed by atoms with Crippen molar-refractivity contribution in [2.24, 2.45) is 0 Å². The smallest absolute Gasteiger partial charge is 0.423 e. The zero-order chi connectivity index (χ0) is 11.6. The molecular weight excluding hydrogens is 217 g/mol. The number of hydrogen-bond donors (Lipinski definition) is 0. The normalized spacial score (nSPS) is 11.2. The minimum Gasteiger partial charge on any atom is -0.476 e. The van der Waals surface area contributed by atoms with Crippen molar-refractivity contribution in [1.29, 1.82) is 0 Å². The molecule has 0 aliphatic carbocycles. The Hall–Kier alpha value is -1.86. The Morgan fingerprint density at radius 1 is 1.53 bits per heavy atom. The van der Waals surface area contributed by atoms with E-state index in [0.29, 0.717) is 6.07 Å². The summed E-state index contributed by atoms with van der Waals surface area (Å²) in [4.78, 5) is 12.6. The van der Waals surface area contributed by atoms with E-state index in [4.69, 9.17) is 0 Å². The van der Waals surface area contributed by atoms with Crippen LogP contribution in [0.15, 0.2) is 12.3 Å². The van der Waals surface area contributed by atoms with Gasteiger partial charge in [-0.2, -0.15) is 13.2 Å². The average Bonchev–Trinajstić information content (AvgIpc) is 2.15. The second kappa shape index (κ2) is 3.71. The highest BCUT2D eigenvalue weighted by molar-refractivity contribution is 5.49. The van der Waals surface area contributed by atoms with Crippen LogP contribution in [0, 0.1) is 10.1 Å². The number of ether oxygens (including phenoxy) is 1. The first kappa shape index (κ1) is 11.2. The highest BCUT2D eigenvalue weighted by Gasteiger charge is 2.40. The van der Waals surface area contributed by atoms with E-state index in [1.165, 1.54) is 0 Å². The maximum Gasteiger partial charge on any atom is 0.423 e. The van der Waals surface area contributed by atoms with Gasteiger partial charge in [-0.05, 0) is 6.07 Å². The van der Waals surface area contributed by atoms with Gasteiger partial charge in [0.25, 0.3) is 5.88 Å². The molecule has 82 valence electrons. The summed E-state index contributed by atoms with van der Waals surface area (Å²) in [5.41, 5.74) is -2.55. The highest BCUT2D eigenvalue weighted by Crippen LogP contribution is 2.39. The highest BCUT2D eigenvalue weighted by atomic mass is 19.4. The summed E-state index contributed by atoms with van der Waals surface area (Å²) in [6.45, 7) is 0. The number of nitrogens with zero attached hydrogens (tertiary/aromatic N) is 2. The van der Waals surface area contributed by atoms with Crippen LogP contribution >= 0.6 is 0 Å². The summed E-state index contributed by atoms with van der Waals surface area (Å²) in [6, 6.07) is 0.528. The Morgan fingerprint density at radius 3 is 2.53 bits per heavy atom. The fourth-order valence-electron chi connectivity index (χ4n) is 0.989. The number of halogens is 3. The zero-order valence-corrected chi connectivity index (χ0v) is 7.41. The summed E-state index contributed by atoms with van der Waals surface area (Å²) < 4.78 is 41.4. The van der Waals surface area contributed by atoms with E-state index in [1.807, 2.05) is 0 Å². The molecule has 0 aliphatic heterocycles. The number of nitro groups is 1. The fraction of sp³-hybridized carbons (Fsp3) is 0.286. The van der Waals surface area contributed by atoms with Crippen LogP contribution in [0.4, 0.5) is 18.9 Å². The van der Waals surface area contributed by atoms with Crippen molar-refractivity contribution < 1.29 is 22.8 Å². The van der Waals surface area contributed by atoms with Gasteiger partial charge >= 0.3 is 11.9 Å². The first-order chi connectivity index (χ1) is 6.88. The number of hydrogen-bond acceptors (Lipinski definition) is 4. The van der Waals surface area contributed by atoms with Crippen molar-refractivity contribution in [3.63, 3.8) is 0 Å². The Balaban J connectivity index is 3.46. The zero-order valence-electron chi connectivity index (χ0n) is 7.41. The van der Waals surface area contributed by atoms with E-state index in [0.717, 1.165) is 13.3 Å². The van der Waals surface area contributed by atoms with Crippen LogP contribution < -0.4 is 4.74 Å². The molecule has 1 aromatic rings. The Bertz CT molecular complexity index is 392. The van der Waals surface area contributed by atoms with Gasteiger partial charge in [0.2, 0.25) is 0 Å². The predicted octanol–water partition coefficient (Wildman–Crippen LogP) is 2.02. The summed E-state index contributed by atoms with van der Waals surface area (Å²) in [6.07, 6.45) is -4.01. The molecule has 0 N–H and O–H groups in total. The summed E-state index contributed by atoms with van der Waals surface area (Å²) >= 11 is 0. The molecule has 0 unspecified atom stereocenters. The standard InChI is InChI=1S/C7H5F3N2O3/c1-15-6-5(12(13)14)4(2-3-11-6)7(8,9)10/h2-3H,1H3. The van der Waals surface area contributed by atoms with E-state index in [1.54, 1.807) is 0 Å². The molecule has 1 aromatic heterocycles. The maximum atomic E-state index is 12.3. The number of pyridine rings is 1. The summed E-state index contributed by atoms with van der Waals surface area (Å²) in [7, 11) is 1.01. The van der Waals surface area contributed by atoms with Gasteiger partial charge < -0.3 is 4.74 Å². The lowest BCUT2D eigenvalue weighted by molar-refractivity contribution is -0.389. The van der Waals surface area contributed by atoms with Crippen LogP contribution in [0.2, 0.25) is 0 Å². The minimum absolute atomic E-state index is 0.528. The molecule has 0 fully saturated rings.